The van der Waals surface area contributed by atoms with E-state index in [2.05, 4.69) is 31.6 Å². The third kappa shape index (κ3) is 3.42. The van der Waals surface area contributed by atoms with E-state index >= 15 is 0 Å². The lowest BCUT2D eigenvalue weighted by Crippen LogP contribution is -2.62. The molecular weight excluding hydrogens is 286 g/mol. The van der Waals surface area contributed by atoms with E-state index in [-0.39, 0.29) is 0 Å². The summed E-state index contributed by atoms with van der Waals surface area (Å²) in [5.41, 5.74) is 1.27. The Balaban J connectivity index is 1.21. The number of nitrogens with zero attached hydrogens (tertiary/aromatic N) is 5. The molecule has 1 aromatic heterocycles. The van der Waals surface area contributed by atoms with E-state index in [1.807, 2.05) is 12.4 Å². The van der Waals surface area contributed by atoms with E-state index in [9.17, 15) is 0 Å². The van der Waals surface area contributed by atoms with Crippen LogP contribution in [0.4, 0.5) is 0 Å². The quantitative estimate of drug-likeness (QED) is 0.824. The molecule has 3 aliphatic rings. The maximum absolute atomic E-state index is 4.59. The molecule has 1 aromatic rings. The molecule has 1 saturated carbocycles. The molecule has 4 rings (SSSR count). The summed E-state index contributed by atoms with van der Waals surface area (Å²) in [5.74, 6) is 1.70. The number of hydrogen-bond donors (Lipinski definition) is 0. The second-order valence-electron chi connectivity index (χ2n) is 7.40. The summed E-state index contributed by atoms with van der Waals surface area (Å²) in [6.45, 7) is 11.8. The molecule has 2 aliphatic heterocycles. The van der Waals surface area contributed by atoms with Gasteiger partial charge in [-0.3, -0.25) is 9.80 Å². The van der Waals surface area contributed by atoms with Gasteiger partial charge in [0.05, 0.1) is 0 Å². The van der Waals surface area contributed by atoms with Gasteiger partial charge in [-0.2, -0.15) is 0 Å². The topological polar surface area (TPSA) is 35.5 Å². The molecular formula is C18H29N5. The van der Waals surface area contributed by atoms with Crippen LogP contribution in [0.1, 0.15) is 43.5 Å². The fourth-order valence-electron chi connectivity index (χ4n) is 3.93. The molecule has 0 radical (unpaired) electrons. The number of hydrogen-bond acceptors (Lipinski definition) is 5. The van der Waals surface area contributed by atoms with Crippen molar-refractivity contribution in [3.05, 3.63) is 23.8 Å². The Morgan fingerprint density at radius 1 is 1.00 bits per heavy atom. The van der Waals surface area contributed by atoms with Crippen LogP contribution in [-0.2, 0) is 6.54 Å². The monoisotopic (exact) mass is 315 g/mol. The van der Waals surface area contributed by atoms with E-state index in [0.717, 1.165) is 18.4 Å². The maximum Gasteiger partial charge on any atom is 0.131 e. The summed E-state index contributed by atoms with van der Waals surface area (Å²) in [6, 6.07) is 0.768. The van der Waals surface area contributed by atoms with Gasteiger partial charge in [-0.1, -0.05) is 13.3 Å². The Kier molecular flexibility index (Phi) is 4.60. The van der Waals surface area contributed by atoms with Crippen molar-refractivity contribution in [2.45, 2.75) is 44.7 Å². The summed E-state index contributed by atoms with van der Waals surface area (Å²) in [7, 11) is 0. The first-order chi connectivity index (χ1) is 11.3. The molecule has 2 saturated heterocycles. The fraction of sp³-hybridized carbons (Fsp3) is 0.778. The highest BCUT2D eigenvalue weighted by Gasteiger charge is 2.33. The van der Waals surface area contributed by atoms with E-state index in [0.29, 0.717) is 5.92 Å². The zero-order valence-electron chi connectivity index (χ0n) is 14.3. The van der Waals surface area contributed by atoms with Gasteiger partial charge in [0.25, 0.3) is 0 Å². The molecule has 23 heavy (non-hydrogen) atoms. The zero-order chi connectivity index (χ0) is 15.6. The zero-order valence-corrected chi connectivity index (χ0v) is 14.3. The van der Waals surface area contributed by atoms with Crippen molar-refractivity contribution < 1.29 is 0 Å². The first kappa shape index (κ1) is 15.5. The van der Waals surface area contributed by atoms with E-state index in [1.165, 1.54) is 70.6 Å². The minimum Gasteiger partial charge on any atom is -0.301 e. The van der Waals surface area contributed by atoms with Gasteiger partial charge in [0.15, 0.2) is 0 Å². The molecule has 0 bridgehead atoms. The van der Waals surface area contributed by atoms with Crippen LogP contribution in [0.5, 0.6) is 0 Å². The van der Waals surface area contributed by atoms with Crippen molar-refractivity contribution in [2.75, 3.05) is 45.8 Å². The molecule has 126 valence electrons. The van der Waals surface area contributed by atoms with Crippen molar-refractivity contribution in [3.63, 3.8) is 0 Å². The summed E-state index contributed by atoms with van der Waals surface area (Å²) >= 11 is 0. The van der Waals surface area contributed by atoms with E-state index < -0.39 is 0 Å². The molecule has 3 heterocycles. The van der Waals surface area contributed by atoms with Gasteiger partial charge in [-0.15, -0.1) is 0 Å². The minimum atomic E-state index is 0.638. The highest BCUT2D eigenvalue weighted by molar-refractivity contribution is 5.10. The van der Waals surface area contributed by atoms with Gasteiger partial charge in [-0.05, 0) is 19.4 Å². The Morgan fingerprint density at radius 2 is 1.70 bits per heavy atom. The van der Waals surface area contributed by atoms with Crippen LogP contribution in [0, 0.1) is 0 Å². The van der Waals surface area contributed by atoms with Crippen LogP contribution in [-0.4, -0.2) is 76.5 Å². The van der Waals surface area contributed by atoms with Crippen LogP contribution in [0.3, 0.4) is 0 Å². The number of piperazine rings is 1. The van der Waals surface area contributed by atoms with Gasteiger partial charge in [0, 0.05) is 75.7 Å². The second-order valence-corrected chi connectivity index (χ2v) is 7.40. The minimum absolute atomic E-state index is 0.638. The van der Waals surface area contributed by atoms with Crippen molar-refractivity contribution in [2.24, 2.45) is 0 Å². The Morgan fingerprint density at radius 3 is 2.26 bits per heavy atom. The lowest BCUT2D eigenvalue weighted by Gasteiger charge is -2.48. The van der Waals surface area contributed by atoms with Crippen molar-refractivity contribution >= 4 is 0 Å². The summed E-state index contributed by atoms with van der Waals surface area (Å²) in [5, 5.41) is 0. The van der Waals surface area contributed by atoms with Crippen LogP contribution in [0.25, 0.3) is 0 Å². The van der Waals surface area contributed by atoms with Crippen molar-refractivity contribution in [1.29, 1.82) is 0 Å². The van der Waals surface area contributed by atoms with Crippen molar-refractivity contribution in [1.82, 2.24) is 24.7 Å². The Bertz CT molecular complexity index is 499. The van der Waals surface area contributed by atoms with Crippen LogP contribution in [0.2, 0.25) is 0 Å². The standard InChI is InChI=1S/C18H29N5/c1-2-21-6-8-23(9-7-21)17-13-22(14-17)12-15-10-19-18(20-11-15)16-4-3-5-16/h10-11,16-17H,2-9,12-14H2,1H3. The highest BCUT2D eigenvalue weighted by atomic mass is 15.3. The molecule has 1 aliphatic carbocycles. The average molecular weight is 315 g/mol. The molecule has 0 N–H and O–H groups in total. The van der Waals surface area contributed by atoms with Gasteiger partial charge in [0.1, 0.15) is 5.82 Å². The van der Waals surface area contributed by atoms with Gasteiger partial charge in [-0.25, -0.2) is 9.97 Å². The molecule has 0 unspecified atom stereocenters. The first-order valence-corrected chi connectivity index (χ1v) is 9.31. The SMILES string of the molecule is CCN1CCN(C2CN(Cc3cnc(C4CCC4)nc3)C2)CC1. The lowest BCUT2D eigenvalue weighted by molar-refractivity contribution is 0.00203. The second kappa shape index (κ2) is 6.83. The highest BCUT2D eigenvalue weighted by Crippen LogP contribution is 2.34. The summed E-state index contributed by atoms with van der Waals surface area (Å²) < 4.78 is 0. The van der Waals surface area contributed by atoms with Crippen LogP contribution < -0.4 is 0 Å². The van der Waals surface area contributed by atoms with E-state index in [1.54, 1.807) is 0 Å². The lowest BCUT2D eigenvalue weighted by atomic mass is 9.85. The first-order valence-electron chi connectivity index (χ1n) is 9.31. The molecule has 0 aromatic carbocycles. The summed E-state index contributed by atoms with van der Waals surface area (Å²) in [4.78, 5) is 16.9. The van der Waals surface area contributed by atoms with Crippen LogP contribution in [0.15, 0.2) is 12.4 Å². The smallest absolute Gasteiger partial charge is 0.131 e. The largest absolute Gasteiger partial charge is 0.301 e. The molecule has 0 atom stereocenters. The molecule has 0 amide bonds. The summed E-state index contributed by atoms with van der Waals surface area (Å²) in [6.07, 6.45) is 8.00. The normalized spacial score (nSPS) is 25.3. The van der Waals surface area contributed by atoms with E-state index in [4.69, 9.17) is 0 Å². The van der Waals surface area contributed by atoms with Crippen molar-refractivity contribution in [3.8, 4) is 0 Å². The van der Waals surface area contributed by atoms with Gasteiger partial charge < -0.3 is 4.90 Å². The number of likely N-dealkylation sites (tertiary alicyclic amines) is 1. The van der Waals surface area contributed by atoms with Crippen LogP contribution >= 0.6 is 0 Å². The fourth-order valence-corrected chi connectivity index (χ4v) is 3.93. The average Bonchev–Trinajstić information content (AvgIpc) is 2.51. The number of likely N-dealkylation sites (N-methyl/N-ethyl adjacent to an activating group) is 1. The van der Waals surface area contributed by atoms with Gasteiger partial charge in [0.2, 0.25) is 0 Å². The predicted molar refractivity (Wildman–Crippen MR) is 91.4 cm³/mol. The number of rotatable bonds is 5. The molecule has 0 spiro atoms. The molecule has 5 nitrogen and oxygen atoms in total. The molecule has 5 heteroatoms. The Labute approximate surface area is 139 Å². The maximum atomic E-state index is 4.59. The third-order valence-electron chi connectivity index (χ3n) is 5.91. The third-order valence-corrected chi connectivity index (χ3v) is 5.91. The Hall–Kier alpha value is -1.04. The predicted octanol–water partition coefficient (Wildman–Crippen LogP) is 1.57. The molecule has 3 fully saturated rings. The number of aromatic nitrogens is 2. The van der Waals surface area contributed by atoms with Gasteiger partial charge >= 0.3 is 0 Å².